The number of carbonyl (C=O) groups is 1. The van der Waals surface area contributed by atoms with Crippen LogP contribution in [0.3, 0.4) is 0 Å². The Morgan fingerprint density at radius 3 is 2.59 bits per heavy atom. The molecule has 1 aliphatic heterocycles. The number of rotatable bonds is 3. The Kier molecular flexibility index (Phi) is 4.77. The molecular weight excluding hydrogens is 222 g/mol. The topological polar surface area (TPSA) is 70.0 Å². The average Bonchev–Trinajstić information content (AvgIpc) is 2.24. The van der Waals surface area contributed by atoms with Crippen molar-refractivity contribution < 1.29 is 19.7 Å². The van der Waals surface area contributed by atoms with E-state index in [0.717, 1.165) is 0 Å². The molecule has 0 saturated carbocycles. The lowest BCUT2D eigenvalue weighted by atomic mass is 9.80. The molecule has 0 aromatic rings. The molecule has 2 atom stereocenters. The number of amides is 1. The zero-order chi connectivity index (χ0) is 13.1. The van der Waals surface area contributed by atoms with Gasteiger partial charge in [0.15, 0.2) is 0 Å². The van der Waals surface area contributed by atoms with Gasteiger partial charge in [0.1, 0.15) is 0 Å². The lowest BCUT2D eigenvalue weighted by molar-refractivity contribution is -0.0429. The molecule has 1 amide bonds. The molecule has 1 heterocycles. The second-order valence-corrected chi connectivity index (χ2v) is 5.60. The van der Waals surface area contributed by atoms with Gasteiger partial charge in [0, 0.05) is 12.6 Å². The zero-order valence-corrected chi connectivity index (χ0v) is 10.8. The van der Waals surface area contributed by atoms with Crippen LogP contribution in [-0.2, 0) is 4.74 Å². The van der Waals surface area contributed by atoms with Gasteiger partial charge in [-0.15, -0.1) is 0 Å². The average molecular weight is 245 g/mol. The summed E-state index contributed by atoms with van der Waals surface area (Å²) in [5, 5.41) is 17.9. The number of piperidine rings is 1. The summed E-state index contributed by atoms with van der Waals surface area (Å²) in [5.41, 5.74) is -0.0976. The fraction of sp³-hybridized carbons (Fsp3) is 0.917. The minimum Gasteiger partial charge on any atom is -0.465 e. The van der Waals surface area contributed by atoms with Crippen molar-refractivity contribution in [2.75, 3.05) is 19.8 Å². The number of ether oxygens (including phenoxy) is 1. The highest BCUT2D eigenvalue weighted by Crippen LogP contribution is 2.32. The highest BCUT2D eigenvalue weighted by atomic mass is 16.5. The predicted octanol–water partition coefficient (Wildman–Crippen LogP) is 1.55. The Bertz CT molecular complexity index is 262. The van der Waals surface area contributed by atoms with Crippen molar-refractivity contribution in [1.82, 2.24) is 4.90 Å². The van der Waals surface area contributed by atoms with E-state index in [1.165, 1.54) is 4.90 Å². The fourth-order valence-electron chi connectivity index (χ4n) is 2.35. The molecule has 2 N–H and O–H groups in total. The number of nitrogens with zero attached hydrogens (tertiary/aromatic N) is 1. The Labute approximate surface area is 102 Å². The van der Waals surface area contributed by atoms with Gasteiger partial charge in [0.25, 0.3) is 0 Å². The molecule has 1 aliphatic rings. The minimum atomic E-state index is -0.856. The summed E-state index contributed by atoms with van der Waals surface area (Å²) >= 11 is 0. The maximum Gasteiger partial charge on any atom is 0.407 e. The molecule has 0 bridgehead atoms. The molecule has 1 fully saturated rings. The van der Waals surface area contributed by atoms with Crippen LogP contribution >= 0.6 is 0 Å². The van der Waals surface area contributed by atoms with Crippen molar-refractivity contribution in [3.63, 3.8) is 0 Å². The number of aliphatic hydroxyl groups excluding tert-OH is 1. The van der Waals surface area contributed by atoms with Crippen molar-refractivity contribution in [2.45, 2.75) is 45.8 Å². The van der Waals surface area contributed by atoms with Crippen LogP contribution in [0.1, 0.15) is 33.6 Å². The molecule has 0 aliphatic carbocycles. The molecule has 5 heteroatoms. The summed E-state index contributed by atoms with van der Waals surface area (Å²) in [7, 11) is 0. The molecule has 0 spiro atoms. The lowest BCUT2D eigenvalue weighted by Gasteiger charge is -2.44. The van der Waals surface area contributed by atoms with E-state index < -0.39 is 6.09 Å². The van der Waals surface area contributed by atoms with Crippen LogP contribution in [0.5, 0.6) is 0 Å². The number of hydrogen-bond donors (Lipinski definition) is 2. The van der Waals surface area contributed by atoms with Crippen molar-refractivity contribution >= 4 is 6.09 Å². The molecule has 2 unspecified atom stereocenters. The molecule has 1 rings (SSSR count). The first-order chi connectivity index (χ1) is 7.86. The smallest absolute Gasteiger partial charge is 0.407 e. The largest absolute Gasteiger partial charge is 0.465 e. The summed E-state index contributed by atoms with van der Waals surface area (Å²) in [5.74, 6) is 0. The summed E-state index contributed by atoms with van der Waals surface area (Å²) < 4.78 is 5.52. The van der Waals surface area contributed by atoms with E-state index in [1.807, 2.05) is 20.8 Å². The molecule has 17 heavy (non-hydrogen) atoms. The summed E-state index contributed by atoms with van der Waals surface area (Å²) in [6.07, 6.45) is 0.613. The van der Waals surface area contributed by atoms with Gasteiger partial charge in [-0.2, -0.15) is 0 Å². The molecule has 100 valence electrons. The van der Waals surface area contributed by atoms with Crippen molar-refractivity contribution in [3.8, 4) is 0 Å². The van der Waals surface area contributed by atoms with E-state index in [1.54, 1.807) is 0 Å². The van der Waals surface area contributed by atoms with E-state index in [0.29, 0.717) is 26.0 Å². The van der Waals surface area contributed by atoms with Crippen LogP contribution in [0.4, 0.5) is 4.79 Å². The van der Waals surface area contributed by atoms with Crippen LogP contribution in [0.15, 0.2) is 0 Å². The number of hydrogen-bond acceptors (Lipinski definition) is 3. The number of aliphatic hydroxyl groups is 1. The Balaban J connectivity index is 2.67. The first-order valence-electron chi connectivity index (χ1n) is 6.08. The van der Waals surface area contributed by atoms with Crippen LogP contribution in [0.2, 0.25) is 0 Å². The normalized spacial score (nSPS) is 26.0. The molecule has 0 radical (unpaired) electrons. The van der Waals surface area contributed by atoms with Gasteiger partial charge < -0.3 is 19.8 Å². The monoisotopic (exact) mass is 245 g/mol. The van der Waals surface area contributed by atoms with Crippen molar-refractivity contribution in [1.29, 1.82) is 0 Å². The summed E-state index contributed by atoms with van der Waals surface area (Å²) in [4.78, 5) is 12.7. The lowest BCUT2D eigenvalue weighted by Crippen LogP contribution is -2.53. The van der Waals surface area contributed by atoms with Gasteiger partial charge in [-0.1, -0.05) is 20.8 Å². The van der Waals surface area contributed by atoms with Gasteiger partial charge in [0.2, 0.25) is 0 Å². The highest BCUT2D eigenvalue weighted by Gasteiger charge is 2.38. The molecule has 0 aromatic heterocycles. The summed E-state index contributed by atoms with van der Waals surface area (Å²) in [6, 6.07) is -0.0301. The maximum atomic E-state index is 11.2. The highest BCUT2D eigenvalue weighted by molar-refractivity contribution is 5.65. The first kappa shape index (κ1) is 14.3. The molecule has 5 nitrogen and oxygen atoms in total. The summed E-state index contributed by atoms with van der Waals surface area (Å²) in [6.45, 7) is 6.98. The third-order valence-electron chi connectivity index (χ3n) is 3.24. The third-order valence-corrected chi connectivity index (χ3v) is 3.24. The quantitative estimate of drug-likeness (QED) is 0.791. The van der Waals surface area contributed by atoms with Gasteiger partial charge in [-0.25, -0.2) is 4.79 Å². The van der Waals surface area contributed by atoms with Crippen molar-refractivity contribution in [3.05, 3.63) is 0 Å². The Morgan fingerprint density at radius 2 is 2.12 bits per heavy atom. The Morgan fingerprint density at radius 1 is 1.47 bits per heavy atom. The van der Waals surface area contributed by atoms with Gasteiger partial charge in [0.05, 0.1) is 19.3 Å². The predicted molar refractivity (Wildman–Crippen MR) is 64.0 cm³/mol. The van der Waals surface area contributed by atoms with Gasteiger partial charge in [-0.3, -0.25) is 0 Å². The van der Waals surface area contributed by atoms with E-state index in [9.17, 15) is 9.90 Å². The third kappa shape index (κ3) is 3.85. The SMILES string of the molecule is CC(C)(C)C1CC(OCCO)CCN1C(=O)O. The number of likely N-dealkylation sites (tertiary alicyclic amines) is 1. The standard InChI is InChI=1S/C12H23NO4/c1-12(2,3)10-8-9(17-7-6-14)4-5-13(10)11(15)16/h9-10,14H,4-8H2,1-3H3,(H,15,16). The maximum absolute atomic E-state index is 11.2. The Hall–Kier alpha value is -0.810. The van der Waals surface area contributed by atoms with Crippen LogP contribution in [-0.4, -0.2) is 53.1 Å². The van der Waals surface area contributed by atoms with Crippen LogP contribution in [0.25, 0.3) is 0 Å². The van der Waals surface area contributed by atoms with E-state index in [4.69, 9.17) is 9.84 Å². The van der Waals surface area contributed by atoms with E-state index in [2.05, 4.69) is 0 Å². The second kappa shape index (κ2) is 5.69. The van der Waals surface area contributed by atoms with Gasteiger partial charge in [-0.05, 0) is 18.3 Å². The van der Waals surface area contributed by atoms with E-state index in [-0.39, 0.29) is 24.2 Å². The number of carboxylic acid groups (broad SMARTS) is 1. The minimum absolute atomic E-state index is 0.0132. The molecule has 1 saturated heterocycles. The van der Waals surface area contributed by atoms with Gasteiger partial charge >= 0.3 is 6.09 Å². The first-order valence-corrected chi connectivity index (χ1v) is 6.08. The molecule has 0 aromatic carbocycles. The second-order valence-electron chi connectivity index (χ2n) is 5.60. The van der Waals surface area contributed by atoms with Crippen LogP contribution < -0.4 is 0 Å². The van der Waals surface area contributed by atoms with E-state index >= 15 is 0 Å². The zero-order valence-electron chi connectivity index (χ0n) is 10.8. The molecular formula is C12H23NO4. The van der Waals surface area contributed by atoms with Crippen LogP contribution in [0, 0.1) is 5.41 Å². The van der Waals surface area contributed by atoms with Crippen molar-refractivity contribution in [2.24, 2.45) is 5.41 Å². The fourth-order valence-corrected chi connectivity index (χ4v) is 2.35.